The highest BCUT2D eigenvalue weighted by Gasteiger charge is 1.93. The average molecular weight is 169 g/mol. The maximum absolute atomic E-state index is 10.7. The quantitative estimate of drug-likeness (QED) is 0.606. The second-order valence-electron chi connectivity index (χ2n) is 1.90. The SMILES string of the molecule is C=C/C(O)=c1/[nH]c(=O)sc1=C. The summed E-state index contributed by atoms with van der Waals surface area (Å²) in [5.41, 5.74) is 0. The minimum Gasteiger partial charge on any atom is -0.506 e. The lowest BCUT2D eigenvalue weighted by atomic mass is 10.4. The zero-order valence-electron chi connectivity index (χ0n) is 5.76. The van der Waals surface area contributed by atoms with Gasteiger partial charge < -0.3 is 10.1 Å². The van der Waals surface area contributed by atoms with E-state index in [0.717, 1.165) is 11.3 Å². The van der Waals surface area contributed by atoms with Gasteiger partial charge in [0, 0.05) is 0 Å². The van der Waals surface area contributed by atoms with Crippen LogP contribution >= 0.6 is 11.3 Å². The topological polar surface area (TPSA) is 53.1 Å². The van der Waals surface area contributed by atoms with Gasteiger partial charge >= 0.3 is 4.87 Å². The molecule has 0 fully saturated rings. The average Bonchev–Trinajstić information content (AvgIpc) is 2.28. The first kappa shape index (κ1) is 7.81. The Morgan fingerprint density at radius 3 is 2.73 bits per heavy atom. The molecule has 0 spiro atoms. The summed E-state index contributed by atoms with van der Waals surface area (Å²) in [4.78, 5) is 12.9. The molecule has 3 nitrogen and oxygen atoms in total. The van der Waals surface area contributed by atoms with Crippen molar-refractivity contribution in [3.63, 3.8) is 0 Å². The number of thiazole rings is 1. The Morgan fingerprint density at radius 1 is 1.73 bits per heavy atom. The molecule has 2 N–H and O–H groups in total. The minimum atomic E-state index is -0.224. The maximum atomic E-state index is 10.7. The first-order valence-corrected chi connectivity index (χ1v) is 3.70. The summed E-state index contributed by atoms with van der Waals surface area (Å²) >= 11 is 0.962. The third kappa shape index (κ3) is 1.40. The summed E-state index contributed by atoms with van der Waals surface area (Å²) in [5.74, 6) is -0.0478. The van der Waals surface area contributed by atoms with Crippen LogP contribution in [-0.2, 0) is 0 Å². The Bertz CT molecular complexity index is 426. The molecule has 0 amide bonds. The lowest BCUT2D eigenvalue weighted by molar-refractivity contribution is 0.509. The van der Waals surface area contributed by atoms with E-state index in [4.69, 9.17) is 5.11 Å². The van der Waals surface area contributed by atoms with Crippen molar-refractivity contribution in [2.45, 2.75) is 0 Å². The lowest BCUT2D eigenvalue weighted by Crippen LogP contribution is -2.23. The van der Waals surface area contributed by atoms with Crippen LogP contribution in [0.3, 0.4) is 0 Å². The van der Waals surface area contributed by atoms with Gasteiger partial charge in [0.15, 0.2) is 0 Å². The van der Waals surface area contributed by atoms with Crippen molar-refractivity contribution < 1.29 is 5.11 Å². The van der Waals surface area contributed by atoms with Gasteiger partial charge in [0.1, 0.15) is 11.1 Å². The number of rotatable bonds is 1. The van der Waals surface area contributed by atoms with Crippen molar-refractivity contribution in [3.05, 3.63) is 32.2 Å². The Hall–Kier alpha value is -1.29. The van der Waals surface area contributed by atoms with Gasteiger partial charge in [0.05, 0.1) is 4.53 Å². The molecule has 1 heterocycles. The van der Waals surface area contributed by atoms with E-state index < -0.39 is 0 Å². The number of aromatic nitrogens is 1. The first-order chi connectivity index (χ1) is 5.15. The van der Waals surface area contributed by atoms with Crippen LogP contribution in [0, 0.1) is 0 Å². The highest BCUT2D eigenvalue weighted by molar-refractivity contribution is 7.06. The molecule has 0 saturated carbocycles. The van der Waals surface area contributed by atoms with Gasteiger partial charge in [-0.2, -0.15) is 0 Å². The lowest BCUT2D eigenvalue weighted by Gasteiger charge is -1.83. The van der Waals surface area contributed by atoms with Crippen molar-refractivity contribution in [1.82, 2.24) is 4.98 Å². The standard InChI is InChI=1S/C7H7NO2S/c1-3-5(9)6-4(2)11-7(10)8-6/h3,9H,1-2H2,(H,8,10)/b6-5-. The third-order valence-corrected chi connectivity index (χ3v) is 1.91. The van der Waals surface area contributed by atoms with E-state index in [1.54, 1.807) is 0 Å². The van der Waals surface area contributed by atoms with E-state index in [2.05, 4.69) is 18.1 Å². The zero-order valence-corrected chi connectivity index (χ0v) is 6.57. The maximum Gasteiger partial charge on any atom is 0.305 e. The first-order valence-electron chi connectivity index (χ1n) is 2.89. The number of aliphatic hydroxyl groups excluding tert-OH is 1. The Labute approximate surface area is 66.6 Å². The van der Waals surface area contributed by atoms with E-state index in [-0.39, 0.29) is 10.6 Å². The summed E-state index contributed by atoms with van der Waals surface area (Å²) in [6.07, 6.45) is 1.26. The van der Waals surface area contributed by atoms with Gasteiger partial charge in [-0.05, 0) is 6.08 Å². The van der Waals surface area contributed by atoms with E-state index >= 15 is 0 Å². The van der Waals surface area contributed by atoms with Crippen molar-refractivity contribution in [2.75, 3.05) is 0 Å². The van der Waals surface area contributed by atoms with Crippen molar-refractivity contribution in [3.8, 4) is 0 Å². The van der Waals surface area contributed by atoms with E-state index in [1.807, 2.05) is 0 Å². The van der Waals surface area contributed by atoms with Crippen molar-refractivity contribution in [2.24, 2.45) is 0 Å². The van der Waals surface area contributed by atoms with Crippen LogP contribution in [0.25, 0.3) is 12.3 Å². The predicted molar refractivity (Wildman–Crippen MR) is 45.9 cm³/mol. The molecule has 1 aromatic rings. The Balaban J connectivity index is 3.72. The fraction of sp³-hybridized carbons (Fsp3) is 0. The predicted octanol–water partition coefficient (Wildman–Crippen LogP) is -0.301. The number of aromatic amines is 1. The molecule has 0 aliphatic heterocycles. The second-order valence-corrected chi connectivity index (χ2v) is 2.97. The van der Waals surface area contributed by atoms with Crippen molar-refractivity contribution >= 4 is 23.7 Å². The van der Waals surface area contributed by atoms with E-state index in [1.165, 1.54) is 6.08 Å². The van der Waals surface area contributed by atoms with Crippen molar-refractivity contribution in [1.29, 1.82) is 0 Å². The highest BCUT2D eigenvalue weighted by Crippen LogP contribution is 1.80. The van der Waals surface area contributed by atoms with Gasteiger partial charge in [0.2, 0.25) is 0 Å². The second kappa shape index (κ2) is 2.75. The summed E-state index contributed by atoms with van der Waals surface area (Å²) in [6.45, 7) is 6.92. The van der Waals surface area contributed by atoms with Gasteiger partial charge in [-0.25, -0.2) is 0 Å². The highest BCUT2D eigenvalue weighted by atomic mass is 32.1. The summed E-state index contributed by atoms with van der Waals surface area (Å²) in [5, 5.41) is 9.48. The molecule has 0 bridgehead atoms. The molecule has 0 aliphatic carbocycles. The molecule has 0 atom stereocenters. The fourth-order valence-corrected chi connectivity index (χ4v) is 1.30. The third-order valence-electron chi connectivity index (χ3n) is 1.17. The molecule has 11 heavy (non-hydrogen) atoms. The zero-order chi connectivity index (χ0) is 8.43. The summed E-state index contributed by atoms with van der Waals surface area (Å²) < 4.78 is 0.521. The molecule has 0 radical (unpaired) electrons. The van der Waals surface area contributed by atoms with Gasteiger partial charge in [-0.3, -0.25) is 4.79 Å². The minimum absolute atomic E-state index is 0.0478. The van der Waals surface area contributed by atoms with Crippen LogP contribution in [0.4, 0.5) is 0 Å². The molecule has 1 aromatic heterocycles. The molecule has 0 unspecified atom stereocenters. The number of nitrogens with one attached hydrogen (secondary N) is 1. The van der Waals surface area contributed by atoms with E-state index in [0.29, 0.717) is 9.88 Å². The molecule has 4 heteroatoms. The molecular weight excluding hydrogens is 162 g/mol. The summed E-state index contributed by atoms with van der Waals surface area (Å²) in [7, 11) is 0. The number of hydrogen-bond donors (Lipinski definition) is 2. The smallest absolute Gasteiger partial charge is 0.305 e. The molecule has 0 aromatic carbocycles. The number of H-pyrrole nitrogens is 1. The van der Waals surface area contributed by atoms with Crippen LogP contribution in [0.1, 0.15) is 0 Å². The van der Waals surface area contributed by atoms with Crippen LogP contribution in [0.15, 0.2) is 17.4 Å². The number of hydrogen-bond acceptors (Lipinski definition) is 3. The fourth-order valence-electron chi connectivity index (χ4n) is 0.669. The van der Waals surface area contributed by atoms with Gasteiger partial charge in [-0.1, -0.05) is 24.5 Å². The van der Waals surface area contributed by atoms with Crippen LogP contribution in [-0.4, -0.2) is 10.1 Å². The van der Waals surface area contributed by atoms with E-state index in [9.17, 15) is 4.79 Å². The molecular formula is C7H7NO2S. The van der Waals surface area contributed by atoms with Crippen LogP contribution in [0.5, 0.6) is 0 Å². The van der Waals surface area contributed by atoms with Gasteiger partial charge in [0.25, 0.3) is 0 Å². The van der Waals surface area contributed by atoms with Crippen LogP contribution in [0.2, 0.25) is 0 Å². The van der Waals surface area contributed by atoms with Crippen LogP contribution < -0.4 is 14.8 Å². The molecule has 0 saturated heterocycles. The van der Waals surface area contributed by atoms with Gasteiger partial charge in [-0.15, -0.1) is 0 Å². The normalized spacial score (nSPS) is 12.7. The molecule has 1 rings (SSSR count). The monoisotopic (exact) mass is 169 g/mol. The summed E-state index contributed by atoms with van der Waals surface area (Å²) in [6, 6.07) is 0. The Morgan fingerprint density at radius 2 is 2.36 bits per heavy atom. The largest absolute Gasteiger partial charge is 0.506 e. The molecule has 0 aliphatic rings. The number of aliphatic hydroxyl groups is 1. The Kier molecular flexibility index (Phi) is 1.96. The molecule has 58 valence electrons.